The lowest BCUT2D eigenvalue weighted by Crippen LogP contribution is -2.03. The summed E-state index contributed by atoms with van der Waals surface area (Å²) in [5, 5.41) is 0. The van der Waals surface area contributed by atoms with Crippen molar-refractivity contribution in [3.8, 4) is 56.3 Å². The molecule has 0 saturated heterocycles. The molecule has 0 spiro atoms. The molecule has 2 aliphatic rings. The quantitative estimate of drug-likeness (QED) is 0.176. The standard InChI is InChI=1S/C53H36N4O/c1-58-53-51-40(28-27-35-17-7-2-8-18-35)52(57-53)50(39-25-15-6-16-26-39)46-34-32-44(56-46)48(37-21-11-4-12-22-37)42-30-29-41(54-42)47(36-19-9-3-10-20-36)43-31-33-45(55-43)49(51)38-23-13-5-14-24-38/h2-26,29-34,55-56H,1H3. The van der Waals surface area contributed by atoms with E-state index in [-0.39, 0.29) is 0 Å². The van der Waals surface area contributed by atoms with Gasteiger partial charge < -0.3 is 14.7 Å². The Bertz CT molecular complexity index is 3110. The van der Waals surface area contributed by atoms with Crippen LogP contribution in [-0.2, 0) is 4.74 Å². The summed E-state index contributed by atoms with van der Waals surface area (Å²) in [6, 6.07) is 60.3. The first kappa shape index (κ1) is 34.5. The first-order chi connectivity index (χ1) is 28.7. The lowest BCUT2D eigenvalue weighted by atomic mass is 9.95. The zero-order valence-electron chi connectivity index (χ0n) is 31.7. The topological polar surface area (TPSA) is 66.1 Å². The molecule has 0 amide bonds. The molecule has 58 heavy (non-hydrogen) atoms. The predicted octanol–water partition coefficient (Wildman–Crippen LogP) is 12.9. The van der Waals surface area contributed by atoms with Gasteiger partial charge in [-0.3, -0.25) is 0 Å². The Labute approximate surface area is 336 Å². The molecule has 0 unspecified atom stereocenters. The van der Waals surface area contributed by atoms with Gasteiger partial charge in [-0.15, -0.1) is 0 Å². The summed E-state index contributed by atoms with van der Waals surface area (Å²) in [5.74, 6) is 7.62. The van der Waals surface area contributed by atoms with Gasteiger partial charge in [-0.25, -0.2) is 9.98 Å². The molecule has 274 valence electrons. The Morgan fingerprint density at radius 1 is 0.414 bits per heavy atom. The second-order valence-electron chi connectivity index (χ2n) is 14.1. The zero-order chi connectivity index (χ0) is 38.8. The monoisotopic (exact) mass is 744 g/mol. The number of aromatic nitrogens is 3. The van der Waals surface area contributed by atoms with Crippen molar-refractivity contribution < 1.29 is 4.74 Å². The molecule has 0 radical (unpaired) electrons. The van der Waals surface area contributed by atoms with Gasteiger partial charge in [0.05, 0.1) is 35.3 Å². The average Bonchev–Trinajstić information content (AvgIpc) is 4.12. The Morgan fingerprint density at radius 3 is 1.28 bits per heavy atom. The maximum absolute atomic E-state index is 6.28. The lowest BCUT2D eigenvalue weighted by Gasteiger charge is -2.10. The van der Waals surface area contributed by atoms with Crippen LogP contribution in [0.1, 0.15) is 28.1 Å². The van der Waals surface area contributed by atoms with E-state index in [1.807, 2.05) is 54.6 Å². The van der Waals surface area contributed by atoms with Crippen molar-refractivity contribution in [2.75, 3.05) is 7.11 Å². The van der Waals surface area contributed by atoms with Crippen molar-refractivity contribution in [1.82, 2.24) is 15.0 Å². The molecule has 2 N–H and O–H groups in total. The molecule has 2 aliphatic heterocycles. The summed E-state index contributed by atoms with van der Waals surface area (Å²) in [4.78, 5) is 18.5. The van der Waals surface area contributed by atoms with E-state index in [1.165, 1.54) is 0 Å². The Balaban J connectivity index is 1.47. The number of ether oxygens (including phenoxy) is 1. The number of nitrogens with zero attached hydrogens (tertiary/aromatic N) is 2. The molecule has 0 fully saturated rings. The number of rotatable bonds is 4. The van der Waals surface area contributed by atoms with E-state index in [4.69, 9.17) is 14.7 Å². The highest BCUT2D eigenvalue weighted by atomic mass is 16.5. The Hall–Kier alpha value is -7.94. The van der Waals surface area contributed by atoms with Gasteiger partial charge in [-0.2, -0.15) is 0 Å². The van der Waals surface area contributed by atoms with E-state index in [1.54, 1.807) is 7.11 Å². The van der Waals surface area contributed by atoms with E-state index in [9.17, 15) is 0 Å². The summed E-state index contributed by atoms with van der Waals surface area (Å²) in [7, 11) is 1.69. The van der Waals surface area contributed by atoms with Gasteiger partial charge in [0.15, 0.2) is 0 Å². The molecule has 3 aromatic heterocycles. The highest BCUT2D eigenvalue weighted by molar-refractivity contribution is 6.14. The number of aromatic amines is 2. The number of benzene rings is 5. The third-order valence-corrected chi connectivity index (χ3v) is 10.6. The second-order valence-corrected chi connectivity index (χ2v) is 14.1. The Morgan fingerprint density at radius 2 is 0.810 bits per heavy atom. The van der Waals surface area contributed by atoms with E-state index in [0.717, 1.165) is 94.7 Å². The van der Waals surface area contributed by atoms with Crippen molar-refractivity contribution in [2.24, 2.45) is 4.99 Å². The van der Waals surface area contributed by atoms with Crippen LogP contribution in [0.3, 0.4) is 0 Å². The molecular weight excluding hydrogens is 709 g/mol. The first-order valence-electron chi connectivity index (χ1n) is 19.3. The van der Waals surface area contributed by atoms with Gasteiger partial charge in [0.1, 0.15) is 0 Å². The minimum absolute atomic E-state index is 0.484. The van der Waals surface area contributed by atoms with Crippen molar-refractivity contribution in [3.05, 3.63) is 204 Å². The highest BCUT2D eigenvalue weighted by Gasteiger charge is 2.28. The van der Waals surface area contributed by atoms with Crippen LogP contribution in [0.2, 0.25) is 0 Å². The zero-order valence-corrected chi connectivity index (χ0v) is 31.7. The van der Waals surface area contributed by atoms with Crippen LogP contribution in [0.4, 0.5) is 5.69 Å². The molecule has 0 saturated carbocycles. The van der Waals surface area contributed by atoms with Crippen LogP contribution in [-0.4, -0.2) is 28.0 Å². The summed E-state index contributed by atoms with van der Waals surface area (Å²) in [6.07, 6.45) is 4.25. The minimum atomic E-state index is 0.484. The number of aliphatic imine (C=N–C) groups is 1. The average molecular weight is 745 g/mol. The highest BCUT2D eigenvalue weighted by Crippen LogP contribution is 2.44. The number of hydrogen-bond acceptors (Lipinski definition) is 3. The van der Waals surface area contributed by atoms with E-state index < -0.39 is 0 Å². The van der Waals surface area contributed by atoms with Crippen LogP contribution < -0.4 is 0 Å². The molecule has 5 aromatic carbocycles. The normalized spacial score (nSPS) is 11.8. The molecule has 8 aromatic rings. The van der Waals surface area contributed by atoms with Crippen LogP contribution in [0.25, 0.3) is 78.7 Å². The summed E-state index contributed by atoms with van der Waals surface area (Å²) < 4.78 is 6.28. The van der Waals surface area contributed by atoms with E-state index >= 15 is 0 Å². The molecule has 5 heterocycles. The molecule has 0 aliphatic carbocycles. The van der Waals surface area contributed by atoms with Gasteiger partial charge in [-0.05, 0) is 70.8 Å². The van der Waals surface area contributed by atoms with Crippen molar-refractivity contribution in [1.29, 1.82) is 0 Å². The van der Waals surface area contributed by atoms with Crippen LogP contribution in [0.15, 0.2) is 181 Å². The maximum Gasteiger partial charge on any atom is 0.223 e. The van der Waals surface area contributed by atoms with Gasteiger partial charge in [0, 0.05) is 49.9 Å². The Kier molecular flexibility index (Phi) is 8.90. The SMILES string of the molecule is COC1=Nc2c(C#Cc3ccccc3)c1c(-c1ccccc1)c1ccc([nH]1)c(-c1ccccc1)c1nc(c(-c3ccccc3)c3ccc([nH]3)c2-c2ccccc2)C=C1. The number of hydrogen-bond donors (Lipinski definition) is 2. The van der Waals surface area contributed by atoms with Crippen LogP contribution in [0, 0.1) is 11.8 Å². The van der Waals surface area contributed by atoms with Gasteiger partial charge in [0.25, 0.3) is 0 Å². The molecule has 5 heteroatoms. The van der Waals surface area contributed by atoms with Crippen molar-refractivity contribution >= 4 is 45.8 Å². The summed E-state index contributed by atoms with van der Waals surface area (Å²) >= 11 is 0. The molecule has 8 bridgehead atoms. The van der Waals surface area contributed by atoms with Crippen LogP contribution >= 0.6 is 0 Å². The number of fused-ring (bicyclic) bond motifs is 8. The molecular formula is C53H36N4O. The summed E-state index contributed by atoms with van der Waals surface area (Å²) in [5.41, 5.74) is 16.5. The molecule has 0 atom stereocenters. The number of nitrogens with one attached hydrogen (secondary N) is 2. The van der Waals surface area contributed by atoms with Crippen LogP contribution in [0.5, 0.6) is 0 Å². The number of methoxy groups -OCH3 is 1. The van der Waals surface area contributed by atoms with Gasteiger partial charge in [-0.1, -0.05) is 151 Å². The summed E-state index contributed by atoms with van der Waals surface area (Å²) in [6.45, 7) is 0. The fourth-order valence-corrected chi connectivity index (χ4v) is 7.95. The van der Waals surface area contributed by atoms with E-state index in [2.05, 4.69) is 155 Å². The fourth-order valence-electron chi connectivity index (χ4n) is 7.95. The minimum Gasteiger partial charge on any atom is -0.480 e. The molecule has 10 rings (SSSR count). The number of H-pyrrole nitrogens is 2. The smallest absolute Gasteiger partial charge is 0.223 e. The van der Waals surface area contributed by atoms with E-state index in [0.29, 0.717) is 11.6 Å². The van der Waals surface area contributed by atoms with Gasteiger partial charge >= 0.3 is 0 Å². The van der Waals surface area contributed by atoms with Gasteiger partial charge in [0.2, 0.25) is 5.90 Å². The largest absolute Gasteiger partial charge is 0.480 e. The van der Waals surface area contributed by atoms with Crippen molar-refractivity contribution in [2.45, 2.75) is 0 Å². The maximum atomic E-state index is 6.28. The predicted molar refractivity (Wildman–Crippen MR) is 240 cm³/mol. The lowest BCUT2D eigenvalue weighted by molar-refractivity contribution is 0.406. The van der Waals surface area contributed by atoms with Crippen molar-refractivity contribution in [3.63, 3.8) is 0 Å². The third kappa shape index (κ3) is 6.29. The molecule has 5 nitrogen and oxygen atoms in total. The third-order valence-electron chi connectivity index (χ3n) is 10.6. The first-order valence-corrected chi connectivity index (χ1v) is 19.3. The fraction of sp³-hybridized carbons (Fsp3) is 0.0189. The second kappa shape index (κ2) is 15.0.